The van der Waals surface area contributed by atoms with Gasteiger partial charge in [-0.25, -0.2) is 0 Å². The molecule has 1 saturated heterocycles. The average molecular weight is 254 g/mol. The maximum atomic E-state index is 12.0. The van der Waals surface area contributed by atoms with E-state index in [0.29, 0.717) is 11.6 Å². The van der Waals surface area contributed by atoms with Gasteiger partial charge in [-0.15, -0.1) is 0 Å². The summed E-state index contributed by atoms with van der Waals surface area (Å²) >= 11 is 6.01. The molecule has 0 spiro atoms. The van der Waals surface area contributed by atoms with E-state index in [4.69, 9.17) is 16.3 Å². The van der Waals surface area contributed by atoms with Crippen LogP contribution >= 0.6 is 11.6 Å². The Morgan fingerprint density at radius 2 is 2.35 bits per heavy atom. The van der Waals surface area contributed by atoms with Crippen molar-refractivity contribution in [3.8, 4) is 0 Å². The highest BCUT2D eigenvalue weighted by Gasteiger charge is 2.22. The number of nitrogens with one attached hydrogen (secondary N) is 1. The molecule has 92 valence electrons. The fourth-order valence-corrected chi connectivity index (χ4v) is 2.10. The summed E-state index contributed by atoms with van der Waals surface area (Å²) in [6, 6.07) is 5.52. The van der Waals surface area contributed by atoms with Crippen LogP contribution in [0.2, 0.25) is 5.02 Å². The maximum Gasteiger partial charge on any atom is 0.229 e. The first-order valence-corrected chi connectivity index (χ1v) is 6.20. The number of amides is 1. The Kier molecular flexibility index (Phi) is 4.02. The van der Waals surface area contributed by atoms with Gasteiger partial charge >= 0.3 is 0 Å². The van der Waals surface area contributed by atoms with Gasteiger partial charge in [0.15, 0.2) is 0 Å². The molecule has 1 fully saturated rings. The molecule has 0 aliphatic carbocycles. The highest BCUT2D eigenvalue weighted by Crippen LogP contribution is 2.24. The molecule has 1 N–H and O–H groups in total. The Morgan fingerprint density at radius 3 is 3.06 bits per heavy atom. The van der Waals surface area contributed by atoms with Crippen LogP contribution in [-0.2, 0) is 9.53 Å². The minimum absolute atomic E-state index is 0.0232. The van der Waals surface area contributed by atoms with E-state index in [-0.39, 0.29) is 11.8 Å². The summed E-state index contributed by atoms with van der Waals surface area (Å²) < 4.78 is 5.31. The van der Waals surface area contributed by atoms with Crippen LogP contribution in [0.3, 0.4) is 0 Å². The van der Waals surface area contributed by atoms with Crippen molar-refractivity contribution in [2.24, 2.45) is 5.92 Å². The second-order valence-electron chi connectivity index (χ2n) is 4.32. The zero-order valence-electron chi connectivity index (χ0n) is 9.83. The van der Waals surface area contributed by atoms with Crippen molar-refractivity contribution in [2.75, 3.05) is 18.5 Å². The van der Waals surface area contributed by atoms with Gasteiger partial charge in [-0.05, 0) is 37.5 Å². The van der Waals surface area contributed by atoms with Crippen LogP contribution in [0, 0.1) is 12.8 Å². The van der Waals surface area contributed by atoms with Crippen molar-refractivity contribution in [1.29, 1.82) is 0 Å². The summed E-state index contributed by atoms with van der Waals surface area (Å²) in [6.45, 7) is 3.18. The minimum Gasteiger partial charge on any atom is -0.381 e. The van der Waals surface area contributed by atoms with Crippen LogP contribution in [-0.4, -0.2) is 19.1 Å². The normalized spacial score (nSPS) is 20.0. The molecule has 0 saturated carbocycles. The Morgan fingerprint density at radius 1 is 1.53 bits per heavy atom. The lowest BCUT2D eigenvalue weighted by Crippen LogP contribution is -2.30. The Bertz CT molecular complexity index is 414. The Labute approximate surface area is 106 Å². The second-order valence-corrected chi connectivity index (χ2v) is 4.72. The molecule has 1 aromatic carbocycles. The lowest BCUT2D eigenvalue weighted by molar-refractivity contribution is -0.123. The van der Waals surface area contributed by atoms with Gasteiger partial charge in [0.25, 0.3) is 0 Å². The molecule has 0 bridgehead atoms. The number of hydrogen-bond acceptors (Lipinski definition) is 2. The van der Waals surface area contributed by atoms with Gasteiger partial charge in [0.05, 0.1) is 12.5 Å². The Balaban J connectivity index is 2.04. The Hall–Kier alpha value is -1.06. The molecular formula is C13H16ClNO2. The van der Waals surface area contributed by atoms with Crippen molar-refractivity contribution in [3.63, 3.8) is 0 Å². The largest absolute Gasteiger partial charge is 0.381 e. The molecule has 1 atom stereocenters. The molecule has 2 rings (SSSR count). The van der Waals surface area contributed by atoms with E-state index >= 15 is 0 Å². The standard InChI is InChI=1S/C13H16ClNO2/c1-9-11(14)5-2-6-12(9)15-13(16)10-4-3-7-17-8-10/h2,5-6,10H,3-4,7-8H2,1H3,(H,15,16). The third kappa shape index (κ3) is 2.99. The van der Waals surface area contributed by atoms with Crippen LogP contribution in [0.1, 0.15) is 18.4 Å². The van der Waals surface area contributed by atoms with Crippen molar-refractivity contribution >= 4 is 23.2 Å². The summed E-state index contributed by atoms with van der Waals surface area (Å²) in [4.78, 5) is 12.0. The van der Waals surface area contributed by atoms with Gasteiger partial charge in [0.2, 0.25) is 5.91 Å². The van der Waals surface area contributed by atoms with Crippen molar-refractivity contribution < 1.29 is 9.53 Å². The van der Waals surface area contributed by atoms with Gasteiger partial charge in [-0.2, -0.15) is 0 Å². The molecular weight excluding hydrogens is 238 g/mol. The molecule has 1 heterocycles. The first-order chi connectivity index (χ1) is 8.18. The maximum absolute atomic E-state index is 12.0. The van der Waals surface area contributed by atoms with E-state index in [1.54, 1.807) is 0 Å². The summed E-state index contributed by atoms with van der Waals surface area (Å²) in [5.41, 5.74) is 1.69. The number of benzene rings is 1. The molecule has 3 nitrogen and oxygen atoms in total. The number of carbonyl (C=O) groups is 1. The molecule has 1 aromatic rings. The van der Waals surface area contributed by atoms with E-state index < -0.39 is 0 Å². The van der Waals surface area contributed by atoms with Crippen molar-refractivity contribution in [2.45, 2.75) is 19.8 Å². The predicted molar refractivity (Wildman–Crippen MR) is 68.4 cm³/mol. The zero-order valence-corrected chi connectivity index (χ0v) is 10.6. The summed E-state index contributed by atoms with van der Waals surface area (Å²) in [5.74, 6) is -0.0165. The zero-order chi connectivity index (χ0) is 12.3. The number of ether oxygens (including phenoxy) is 1. The molecule has 1 unspecified atom stereocenters. The highest BCUT2D eigenvalue weighted by molar-refractivity contribution is 6.31. The van der Waals surface area contributed by atoms with E-state index in [2.05, 4.69) is 5.32 Å². The van der Waals surface area contributed by atoms with Crippen LogP contribution in [0.25, 0.3) is 0 Å². The molecule has 0 aromatic heterocycles. The first kappa shape index (κ1) is 12.4. The molecule has 1 amide bonds. The second kappa shape index (κ2) is 5.52. The van der Waals surface area contributed by atoms with Crippen LogP contribution < -0.4 is 5.32 Å². The number of rotatable bonds is 2. The molecule has 1 aliphatic heterocycles. The number of halogens is 1. The molecule has 17 heavy (non-hydrogen) atoms. The fraction of sp³-hybridized carbons (Fsp3) is 0.462. The molecule has 4 heteroatoms. The lowest BCUT2D eigenvalue weighted by atomic mass is 10.0. The summed E-state index contributed by atoms with van der Waals surface area (Å²) in [7, 11) is 0. The number of hydrogen-bond donors (Lipinski definition) is 1. The first-order valence-electron chi connectivity index (χ1n) is 5.82. The third-order valence-electron chi connectivity index (χ3n) is 3.06. The third-order valence-corrected chi connectivity index (χ3v) is 3.47. The number of carbonyl (C=O) groups excluding carboxylic acids is 1. The molecule has 1 aliphatic rings. The van der Waals surface area contributed by atoms with Gasteiger partial charge in [-0.3, -0.25) is 4.79 Å². The van der Waals surface area contributed by atoms with E-state index in [0.717, 1.165) is 30.7 Å². The van der Waals surface area contributed by atoms with Crippen LogP contribution in [0.4, 0.5) is 5.69 Å². The minimum atomic E-state index is -0.0397. The van der Waals surface area contributed by atoms with E-state index in [1.165, 1.54) is 0 Å². The predicted octanol–water partition coefficient (Wildman–Crippen LogP) is 3.01. The average Bonchev–Trinajstić information content (AvgIpc) is 2.36. The highest BCUT2D eigenvalue weighted by atomic mass is 35.5. The van der Waals surface area contributed by atoms with Crippen molar-refractivity contribution in [3.05, 3.63) is 28.8 Å². The summed E-state index contributed by atoms with van der Waals surface area (Å²) in [5, 5.41) is 3.59. The fourth-order valence-electron chi connectivity index (χ4n) is 1.93. The smallest absolute Gasteiger partial charge is 0.229 e. The topological polar surface area (TPSA) is 38.3 Å². The quantitative estimate of drug-likeness (QED) is 0.880. The van der Waals surface area contributed by atoms with Crippen LogP contribution in [0.15, 0.2) is 18.2 Å². The van der Waals surface area contributed by atoms with Gasteiger partial charge < -0.3 is 10.1 Å². The molecule has 0 radical (unpaired) electrons. The van der Waals surface area contributed by atoms with Crippen LogP contribution in [0.5, 0.6) is 0 Å². The van der Waals surface area contributed by atoms with Gasteiger partial charge in [-0.1, -0.05) is 17.7 Å². The van der Waals surface area contributed by atoms with Crippen molar-refractivity contribution in [1.82, 2.24) is 0 Å². The van der Waals surface area contributed by atoms with Gasteiger partial charge in [0, 0.05) is 17.3 Å². The van der Waals surface area contributed by atoms with E-state index in [9.17, 15) is 4.79 Å². The number of anilines is 1. The summed E-state index contributed by atoms with van der Waals surface area (Å²) in [6.07, 6.45) is 1.85. The van der Waals surface area contributed by atoms with Gasteiger partial charge in [0.1, 0.15) is 0 Å². The van der Waals surface area contributed by atoms with E-state index in [1.807, 2.05) is 25.1 Å². The lowest BCUT2D eigenvalue weighted by Gasteiger charge is -2.21. The monoisotopic (exact) mass is 253 g/mol. The SMILES string of the molecule is Cc1c(Cl)cccc1NC(=O)C1CCCOC1.